The first-order chi connectivity index (χ1) is 24.5. The fourth-order valence-corrected chi connectivity index (χ4v) is 6.76. The van der Waals surface area contributed by atoms with E-state index in [1.165, 1.54) is 148 Å². The number of phosphoric ester groups is 1. The van der Waals surface area contributed by atoms with Crippen molar-refractivity contribution < 1.29 is 32.9 Å². The van der Waals surface area contributed by atoms with E-state index in [1.54, 1.807) is 13.0 Å². The van der Waals surface area contributed by atoms with Crippen molar-refractivity contribution in [3.63, 3.8) is 0 Å². The number of aliphatic hydroxyl groups excluding tert-OH is 1. The van der Waals surface area contributed by atoms with Crippen molar-refractivity contribution in [2.24, 2.45) is 0 Å². The minimum absolute atomic E-state index is 0.0545. The first-order valence-electron chi connectivity index (χ1n) is 21.2. The maximum Gasteiger partial charge on any atom is 0.472 e. The lowest BCUT2D eigenvalue weighted by atomic mass is 10.0. The molecule has 3 unspecified atom stereocenters. The molecule has 51 heavy (non-hydrogen) atoms. The summed E-state index contributed by atoms with van der Waals surface area (Å²) in [7, 11) is 1.55. The molecule has 8 nitrogen and oxygen atoms in total. The molecule has 0 rings (SSSR count). The summed E-state index contributed by atoms with van der Waals surface area (Å²) in [5.41, 5.74) is 0. The number of nitrogens with one attached hydrogen (secondary N) is 1. The number of unbranched alkanes of at least 4 members (excludes halogenated alkanes) is 24. The van der Waals surface area contributed by atoms with Gasteiger partial charge in [0.1, 0.15) is 13.2 Å². The summed E-state index contributed by atoms with van der Waals surface area (Å²) in [6.45, 7) is 4.24. The van der Waals surface area contributed by atoms with Gasteiger partial charge in [-0.3, -0.25) is 13.8 Å². The summed E-state index contributed by atoms with van der Waals surface area (Å²) in [6.07, 6.45) is 42.2. The van der Waals surface area contributed by atoms with Gasteiger partial charge in [-0.1, -0.05) is 179 Å². The molecule has 0 saturated carbocycles. The molecule has 0 aliphatic heterocycles. The molecule has 0 radical (unpaired) electrons. The Hall–Kier alpha value is -1.02. The van der Waals surface area contributed by atoms with Gasteiger partial charge in [0.2, 0.25) is 5.91 Å². The summed E-state index contributed by atoms with van der Waals surface area (Å²) in [6, 6.07) is -0.856. The Morgan fingerprint density at radius 1 is 0.647 bits per heavy atom. The van der Waals surface area contributed by atoms with E-state index in [1.807, 2.05) is 27.2 Å². The number of hydrogen-bond donors (Lipinski definition) is 3. The fraction of sp³-hybridized carbons (Fsp3) is 0.881. The van der Waals surface area contributed by atoms with Crippen LogP contribution in [0.1, 0.15) is 187 Å². The number of rotatable bonds is 38. The largest absolute Gasteiger partial charge is 0.472 e. The van der Waals surface area contributed by atoms with Crippen LogP contribution < -0.4 is 5.32 Å². The molecule has 0 saturated heterocycles. The molecule has 0 spiro atoms. The van der Waals surface area contributed by atoms with E-state index < -0.39 is 20.0 Å². The highest BCUT2D eigenvalue weighted by Crippen LogP contribution is 2.43. The number of carbonyl (C=O) groups excluding carboxylic acids is 1. The third kappa shape index (κ3) is 37.1. The number of allylic oxidation sites excluding steroid dienone is 3. The van der Waals surface area contributed by atoms with Gasteiger partial charge in [0.15, 0.2) is 0 Å². The summed E-state index contributed by atoms with van der Waals surface area (Å²) >= 11 is 0. The highest BCUT2D eigenvalue weighted by molar-refractivity contribution is 7.47. The van der Waals surface area contributed by atoms with Crippen molar-refractivity contribution in [2.45, 2.75) is 199 Å². The van der Waals surface area contributed by atoms with Crippen molar-refractivity contribution in [3.05, 3.63) is 24.3 Å². The first-order valence-corrected chi connectivity index (χ1v) is 22.7. The van der Waals surface area contributed by atoms with Gasteiger partial charge < -0.3 is 19.8 Å². The topological polar surface area (TPSA) is 105 Å². The van der Waals surface area contributed by atoms with Crippen LogP contribution in [0.25, 0.3) is 0 Å². The highest BCUT2D eigenvalue weighted by Gasteiger charge is 2.27. The second kappa shape index (κ2) is 34.7. The van der Waals surface area contributed by atoms with E-state index in [-0.39, 0.29) is 25.5 Å². The van der Waals surface area contributed by atoms with Crippen LogP contribution in [-0.4, -0.2) is 73.4 Å². The van der Waals surface area contributed by atoms with Crippen LogP contribution >= 0.6 is 7.82 Å². The smallest absolute Gasteiger partial charge is 0.387 e. The van der Waals surface area contributed by atoms with Gasteiger partial charge in [0.25, 0.3) is 0 Å². The fourth-order valence-electron chi connectivity index (χ4n) is 6.02. The Morgan fingerprint density at radius 3 is 1.49 bits per heavy atom. The average Bonchev–Trinajstić information content (AvgIpc) is 3.08. The van der Waals surface area contributed by atoms with Crippen LogP contribution in [0.2, 0.25) is 0 Å². The Morgan fingerprint density at radius 2 is 1.06 bits per heavy atom. The molecular formula is C42H84N2O6P+. The van der Waals surface area contributed by atoms with Gasteiger partial charge in [0.05, 0.1) is 39.9 Å². The van der Waals surface area contributed by atoms with Crippen molar-refractivity contribution in [3.8, 4) is 0 Å². The predicted molar refractivity (Wildman–Crippen MR) is 217 cm³/mol. The zero-order valence-corrected chi connectivity index (χ0v) is 35.0. The van der Waals surface area contributed by atoms with Crippen LogP contribution in [0.5, 0.6) is 0 Å². The summed E-state index contributed by atoms with van der Waals surface area (Å²) < 4.78 is 23.0. The Kier molecular flexibility index (Phi) is 34.0. The van der Waals surface area contributed by atoms with E-state index in [0.29, 0.717) is 11.0 Å². The third-order valence-corrected chi connectivity index (χ3v) is 10.5. The maximum atomic E-state index is 12.3. The molecule has 0 aliphatic carbocycles. The molecule has 0 aromatic heterocycles. The van der Waals surface area contributed by atoms with Crippen molar-refractivity contribution in [2.75, 3.05) is 40.9 Å². The Bertz CT molecular complexity index is 891. The van der Waals surface area contributed by atoms with Crippen LogP contribution in [0.15, 0.2) is 24.3 Å². The van der Waals surface area contributed by atoms with Crippen molar-refractivity contribution in [1.29, 1.82) is 0 Å². The van der Waals surface area contributed by atoms with E-state index in [4.69, 9.17) is 9.05 Å². The molecule has 3 N–H and O–H groups in total. The molecule has 0 bridgehead atoms. The van der Waals surface area contributed by atoms with Crippen molar-refractivity contribution >= 4 is 13.7 Å². The van der Waals surface area contributed by atoms with E-state index in [9.17, 15) is 19.4 Å². The van der Waals surface area contributed by atoms with E-state index >= 15 is 0 Å². The molecule has 0 aliphatic rings. The predicted octanol–water partition coefficient (Wildman–Crippen LogP) is 11.4. The van der Waals surface area contributed by atoms with Gasteiger partial charge in [-0.05, 0) is 25.7 Å². The lowest BCUT2D eigenvalue weighted by Gasteiger charge is -2.25. The average molecular weight is 744 g/mol. The molecular weight excluding hydrogens is 659 g/mol. The Labute approximate surface area is 315 Å². The van der Waals surface area contributed by atoms with Crippen molar-refractivity contribution in [1.82, 2.24) is 5.32 Å². The van der Waals surface area contributed by atoms with Crippen LogP contribution in [-0.2, 0) is 18.4 Å². The van der Waals surface area contributed by atoms with Gasteiger partial charge in [0, 0.05) is 6.42 Å². The number of likely N-dealkylation sites (N-methyl/N-ethyl adjacent to an activating group) is 1. The number of nitrogens with zero attached hydrogens (tertiary/aromatic N) is 1. The lowest BCUT2D eigenvalue weighted by Crippen LogP contribution is -2.45. The quantitative estimate of drug-likeness (QED) is 0.0252. The van der Waals surface area contributed by atoms with Gasteiger partial charge in [-0.2, -0.15) is 0 Å². The number of aliphatic hydroxyl groups is 1. The number of amides is 1. The summed E-state index contributed by atoms with van der Waals surface area (Å²) in [5.74, 6) is -0.275. The second-order valence-corrected chi connectivity index (χ2v) is 17.1. The highest BCUT2D eigenvalue weighted by atomic mass is 31.2. The first kappa shape index (κ1) is 50.0. The van der Waals surface area contributed by atoms with Gasteiger partial charge in [-0.25, -0.2) is 4.57 Å². The zero-order chi connectivity index (χ0) is 37.9. The van der Waals surface area contributed by atoms with Crippen LogP contribution in [0.3, 0.4) is 0 Å². The zero-order valence-electron chi connectivity index (χ0n) is 34.1. The van der Waals surface area contributed by atoms with E-state index in [0.717, 1.165) is 19.3 Å². The summed E-state index contributed by atoms with van der Waals surface area (Å²) in [5, 5.41) is 13.3. The Balaban J connectivity index is 3.75. The van der Waals surface area contributed by atoms with Gasteiger partial charge in [-0.15, -0.1) is 0 Å². The SMILES string of the molecule is CCCCCCCCCCCCCCCCCCCCCCCCC/C=C/CC/C=C/C(O)C(COP(=O)(O)OCC[N+](C)(C)C)NC(=O)CC. The normalized spacial score (nSPS) is 14.7. The number of carbonyl (C=O) groups is 1. The minimum Gasteiger partial charge on any atom is -0.387 e. The lowest BCUT2D eigenvalue weighted by molar-refractivity contribution is -0.870. The summed E-state index contributed by atoms with van der Waals surface area (Å²) in [4.78, 5) is 22.0. The standard InChI is InChI=1S/C42H83N2O6P/c1-6-8-9-10-11-12-13-14-15-16-17-18-19-20-21-22-23-24-25-26-27-28-29-30-31-32-33-34-35-36-41(45)40(43-42(46)7-2)39-50-51(47,48)49-38-37-44(3,4)5/h31-32,35-36,40-41,45H,6-30,33-34,37-39H2,1-5H3,(H-,43,46,47,48)/p+1/b32-31+,36-35+. The molecule has 302 valence electrons. The molecule has 0 aromatic carbocycles. The number of hydrogen-bond acceptors (Lipinski definition) is 5. The monoisotopic (exact) mass is 744 g/mol. The molecule has 3 atom stereocenters. The molecule has 9 heteroatoms. The van der Waals surface area contributed by atoms with Gasteiger partial charge >= 0.3 is 7.82 Å². The van der Waals surface area contributed by atoms with Crippen LogP contribution in [0.4, 0.5) is 0 Å². The van der Waals surface area contributed by atoms with E-state index in [2.05, 4.69) is 24.4 Å². The maximum absolute atomic E-state index is 12.3. The van der Waals surface area contributed by atoms with Crippen LogP contribution in [0, 0.1) is 0 Å². The molecule has 0 aromatic rings. The minimum atomic E-state index is -4.30. The number of quaternary nitrogens is 1. The number of phosphoric acid groups is 1. The second-order valence-electron chi connectivity index (χ2n) is 15.7. The molecule has 0 fully saturated rings. The molecule has 1 amide bonds. The molecule has 0 heterocycles. The third-order valence-electron chi connectivity index (χ3n) is 9.49.